The van der Waals surface area contributed by atoms with Gasteiger partial charge in [-0.2, -0.15) is 0 Å². The highest BCUT2D eigenvalue weighted by atomic mass is 16.6. The van der Waals surface area contributed by atoms with E-state index in [2.05, 4.69) is 25.7 Å². The molecule has 1 fully saturated rings. The Labute approximate surface area is 108 Å². The zero-order valence-corrected chi connectivity index (χ0v) is 11.6. The fourth-order valence-electron chi connectivity index (χ4n) is 2.22. The van der Waals surface area contributed by atoms with Crippen LogP contribution in [0.5, 0.6) is 0 Å². The molecule has 1 aliphatic heterocycles. The van der Waals surface area contributed by atoms with E-state index in [4.69, 9.17) is 9.84 Å². The van der Waals surface area contributed by atoms with Crippen molar-refractivity contribution < 1.29 is 19.4 Å². The van der Waals surface area contributed by atoms with Crippen molar-refractivity contribution in [3.05, 3.63) is 0 Å². The van der Waals surface area contributed by atoms with Crippen molar-refractivity contribution in [1.29, 1.82) is 0 Å². The van der Waals surface area contributed by atoms with Crippen LogP contribution in [-0.4, -0.2) is 40.8 Å². The number of carboxylic acids is 1. The Morgan fingerprint density at radius 3 is 2.50 bits per heavy atom. The first-order valence-electron chi connectivity index (χ1n) is 6.39. The fourth-order valence-corrected chi connectivity index (χ4v) is 2.22. The Balaban J connectivity index is 2.52. The van der Waals surface area contributed by atoms with Gasteiger partial charge in [0.05, 0.1) is 12.8 Å². The Bertz CT molecular complexity index is 327. The zero-order valence-electron chi connectivity index (χ0n) is 11.6. The average Bonchev–Trinajstić information content (AvgIpc) is 2.28. The first kappa shape index (κ1) is 15.0. The summed E-state index contributed by atoms with van der Waals surface area (Å²) < 4.78 is 5.36. The fraction of sp³-hybridized carbons (Fsp3) is 0.846. The lowest BCUT2D eigenvalue weighted by Gasteiger charge is -2.48. The van der Waals surface area contributed by atoms with E-state index < -0.39 is 11.9 Å². The van der Waals surface area contributed by atoms with E-state index in [1.54, 1.807) is 0 Å². The molecule has 0 aromatic heterocycles. The van der Waals surface area contributed by atoms with E-state index in [0.717, 1.165) is 12.8 Å². The van der Waals surface area contributed by atoms with Gasteiger partial charge in [-0.25, -0.2) is 0 Å². The average molecular weight is 257 g/mol. The molecular formula is C13H23NO4. The summed E-state index contributed by atoms with van der Waals surface area (Å²) in [5.74, 6) is -0.867. The largest absolute Gasteiger partial charge is 0.481 e. The number of hydrogen-bond acceptors (Lipinski definition) is 4. The number of rotatable bonds is 4. The van der Waals surface area contributed by atoms with Crippen LogP contribution in [0.4, 0.5) is 0 Å². The molecule has 1 N–H and O–H groups in total. The highest BCUT2D eigenvalue weighted by Crippen LogP contribution is 2.35. The van der Waals surface area contributed by atoms with Gasteiger partial charge in [-0.1, -0.05) is 6.92 Å². The number of esters is 1. The molecule has 2 unspecified atom stereocenters. The van der Waals surface area contributed by atoms with Crippen molar-refractivity contribution in [2.24, 2.45) is 5.92 Å². The van der Waals surface area contributed by atoms with E-state index in [1.807, 2.05) is 7.05 Å². The molecule has 18 heavy (non-hydrogen) atoms. The van der Waals surface area contributed by atoms with Crippen LogP contribution in [0.2, 0.25) is 0 Å². The van der Waals surface area contributed by atoms with Gasteiger partial charge in [0.15, 0.2) is 6.23 Å². The molecule has 0 aromatic rings. The maximum atomic E-state index is 11.5. The lowest BCUT2D eigenvalue weighted by atomic mass is 9.80. The van der Waals surface area contributed by atoms with Gasteiger partial charge < -0.3 is 9.84 Å². The monoisotopic (exact) mass is 257 g/mol. The van der Waals surface area contributed by atoms with Crippen LogP contribution in [-0.2, 0) is 14.3 Å². The topological polar surface area (TPSA) is 66.8 Å². The Morgan fingerprint density at radius 2 is 1.94 bits per heavy atom. The maximum Gasteiger partial charge on any atom is 0.307 e. The van der Waals surface area contributed by atoms with Gasteiger partial charge in [-0.15, -0.1) is 0 Å². The first-order chi connectivity index (χ1) is 8.25. The quantitative estimate of drug-likeness (QED) is 0.779. The molecule has 2 atom stereocenters. The summed E-state index contributed by atoms with van der Waals surface area (Å²) in [5.41, 5.74) is -0.0179. The summed E-state index contributed by atoms with van der Waals surface area (Å²) in [7, 11) is 1.95. The SMILES string of the molecule is CC1CCC(OC(=O)CCC(=O)O)N(C)C1(C)C. The van der Waals surface area contributed by atoms with Crippen molar-refractivity contribution in [3.63, 3.8) is 0 Å². The van der Waals surface area contributed by atoms with Gasteiger partial charge >= 0.3 is 11.9 Å². The van der Waals surface area contributed by atoms with Crippen molar-refractivity contribution in [2.75, 3.05) is 7.05 Å². The van der Waals surface area contributed by atoms with Gasteiger partial charge in [-0.3, -0.25) is 14.5 Å². The first-order valence-corrected chi connectivity index (χ1v) is 6.39. The summed E-state index contributed by atoms with van der Waals surface area (Å²) in [4.78, 5) is 24.0. The second-order valence-corrected chi connectivity index (χ2v) is 5.58. The van der Waals surface area contributed by atoms with Crippen LogP contribution < -0.4 is 0 Å². The molecule has 0 saturated carbocycles. The molecule has 5 heteroatoms. The molecule has 0 radical (unpaired) electrons. The molecule has 0 aromatic carbocycles. The van der Waals surface area contributed by atoms with Crippen LogP contribution in [0.15, 0.2) is 0 Å². The lowest BCUT2D eigenvalue weighted by Crippen LogP contribution is -2.56. The summed E-state index contributed by atoms with van der Waals surface area (Å²) in [6.07, 6.45) is 1.34. The Kier molecular flexibility index (Phi) is 4.73. The number of carbonyl (C=O) groups excluding carboxylic acids is 1. The molecule has 1 aliphatic rings. The van der Waals surface area contributed by atoms with Crippen LogP contribution >= 0.6 is 0 Å². The standard InChI is InChI=1S/C13H23NO4/c1-9-5-6-10(14(4)13(9,2)3)18-12(17)8-7-11(15)16/h9-10H,5-8H2,1-4H3,(H,15,16). The van der Waals surface area contributed by atoms with Crippen LogP contribution in [0.25, 0.3) is 0 Å². The second kappa shape index (κ2) is 5.69. The number of aliphatic carboxylic acids is 1. The third-order valence-electron chi connectivity index (χ3n) is 4.20. The number of carbonyl (C=O) groups is 2. The predicted molar refractivity (Wildman–Crippen MR) is 67.0 cm³/mol. The van der Waals surface area contributed by atoms with E-state index in [1.165, 1.54) is 0 Å². The Morgan fingerprint density at radius 1 is 1.33 bits per heavy atom. The van der Waals surface area contributed by atoms with Crippen molar-refractivity contribution in [2.45, 2.75) is 58.2 Å². The van der Waals surface area contributed by atoms with Crippen LogP contribution in [0.3, 0.4) is 0 Å². The number of nitrogens with zero attached hydrogens (tertiary/aromatic N) is 1. The van der Waals surface area contributed by atoms with Crippen molar-refractivity contribution >= 4 is 11.9 Å². The lowest BCUT2D eigenvalue weighted by molar-refractivity contribution is -0.174. The summed E-state index contributed by atoms with van der Waals surface area (Å²) in [6.45, 7) is 6.46. The normalized spacial score (nSPS) is 27.8. The van der Waals surface area contributed by atoms with Gasteiger partial charge in [-0.05, 0) is 39.7 Å². The highest BCUT2D eigenvalue weighted by molar-refractivity contribution is 5.76. The minimum atomic E-state index is -0.974. The molecule has 5 nitrogen and oxygen atoms in total. The summed E-state index contributed by atoms with van der Waals surface area (Å²) >= 11 is 0. The molecule has 0 amide bonds. The number of hydrogen-bond donors (Lipinski definition) is 1. The minimum Gasteiger partial charge on any atom is -0.481 e. The van der Waals surface area contributed by atoms with Gasteiger partial charge in [0, 0.05) is 5.54 Å². The molecule has 1 rings (SSSR count). The van der Waals surface area contributed by atoms with E-state index >= 15 is 0 Å². The second-order valence-electron chi connectivity index (χ2n) is 5.58. The van der Waals surface area contributed by atoms with Gasteiger partial charge in [0.1, 0.15) is 0 Å². The molecular weight excluding hydrogens is 234 g/mol. The number of likely N-dealkylation sites (tertiary alicyclic amines) is 1. The third-order valence-corrected chi connectivity index (χ3v) is 4.20. The smallest absolute Gasteiger partial charge is 0.307 e. The molecule has 1 heterocycles. The molecule has 0 spiro atoms. The molecule has 0 bridgehead atoms. The van der Waals surface area contributed by atoms with Gasteiger partial charge in [0.2, 0.25) is 0 Å². The van der Waals surface area contributed by atoms with Crippen LogP contribution in [0, 0.1) is 5.92 Å². The summed E-state index contributed by atoms with van der Waals surface area (Å²) in [5, 5.41) is 8.52. The Hall–Kier alpha value is -1.10. The van der Waals surface area contributed by atoms with E-state index in [-0.39, 0.29) is 24.6 Å². The van der Waals surface area contributed by atoms with E-state index in [9.17, 15) is 9.59 Å². The molecule has 1 saturated heterocycles. The maximum absolute atomic E-state index is 11.5. The predicted octanol–water partition coefficient (Wildman–Crippen LogP) is 1.86. The number of carboxylic acid groups (broad SMARTS) is 1. The van der Waals surface area contributed by atoms with Gasteiger partial charge in [0.25, 0.3) is 0 Å². The molecule has 0 aliphatic carbocycles. The van der Waals surface area contributed by atoms with Crippen LogP contribution in [0.1, 0.15) is 46.5 Å². The highest BCUT2D eigenvalue weighted by Gasteiger charge is 2.40. The zero-order chi connectivity index (χ0) is 13.9. The van der Waals surface area contributed by atoms with Crippen molar-refractivity contribution in [1.82, 2.24) is 4.90 Å². The van der Waals surface area contributed by atoms with Crippen molar-refractivity contribution in [3.8, 4) is 0 Å². The summed E-state index contributed by atoms with van der Waals surface area (Å²) in [6, 6.07) is 0. The van der Waals surface area contributed by atoms with E-state index in [0.29, 0.717) is 5.92 Å². The number of piperidine rings is 1. The third kappa shape index (κ3) is 3.45. The molecule has 104 valence electrons. The number of ether oxygens (including phenoxy) is 1. The minimum absolute atomic E-state index is 0.0179.